The Balaban J connectivity index is 2.24. The van der Waals surface area contributed by atoms with Crippen LogP contribution in [0.3, 0.4) is 0 Å². The lowest BCUT2D eigenvalue weighted by atomic mass is 9.94. The first-order valence-electron chi connectivity index (χ1n) is 6.27. The molecular formula is C11H17N3O5S. The van der Waals surface area contributed by atoms with E-state index in [2.05, 4.69) is 10.2 Å². The number of esters is 1. The summed E-state index contributed by atoms with van der Waals surface area (Å²) in [6, 6.07) is 0. The molecule has 1 saturated heterocycles. The summed E-state index contributed by atoms with van der Waals surface area (Å²) in [5.74, 6) is -0.744. The molecule has 0 atom stereocenters. The lowest BCUT2D eigenvalue weighted by molar-refractivity contribution is -0.0614. The minimum absolute atomic E-state index is 0.00706. The van der Waals surface area contributed by atoms with Crippen molar-refractivity contribution in [2.24, 2.45) is 0 Å². The lowest BCUT2D eigenvalue weighted by Crippen LogP contribution is -2.63. The summed E-state index contributed by atoms with van der Waals surface area (Å²) in [5, 5.41) is 15.5. The van der Waals surface area contributed by atoms with Gasteiger partial charge in [0.1, 0.15) is 5.56 Å². The highest BCUT2D eigenvalue weighted by Gasteiger charge is 2.47. The molecule has 112 valence electrons. The Kier molecular flexibility index (Phi) is 3.85. The van der Waals surface area contributed by atoms with Gasteiger partial charge in [0.15, 0.2) is 5.03 Å². The average Bonchev–Trinajstić information content (AvgIpc) is 2.85. The number of aromatic nitrogens is 2. The van der Waals surface area contributed by atoms with E-state index in [9.17, 15) is 18.3 Å². The normalized spacial score (nSPS) is 18.6. The van der Waals surface area contributed by atoms with Crippen LogP contribution in [0.15, 0.2) is 11.2 Å². The number of rotatable bonds is 5. The molecule has 0 radical (unpaired) electrons. The van der Waals surface area contributed by atoms with Gasteiger partial charge in [0.05, 0.1) is 18.4 Å². The third-order valence-corrected chi connectivity index (χ3v) is 5.06. The fraction of sp³-hybridized carbons (Fsp3) is 0.636. The highest BCUT2D eigenvalue weighted by Crippen LogP contribution is 2.30. The summed E-state index contributed by atoms with van der Waals surface area (Å²) in [4.78, 5) is 11.7. The van der Waals surface area contributed by atoms with Crippen LogP contribution in [-0.4, -0.2) is 59.3 Å². The summed E-state index contributed by atoms with van der Waals surface area (Å²) in [5.41, 5.74) is -1.12. The molecule has 1 fully saturated rings. The van der Waals surface area contributed by atoms with Crippen LogP contribution in [0.5, 0.6) is 0 Å². The maximum absolute atomic E-state index is 12.3. The van der Waals surface area contributed by atoms with Gasteiger partial charge in [-0.05, 0) is 13.3 Å². The van der Waals surface area contributed by atoms with E-state index >= 15 is 0 Å². The standard InChI is InChI=1S/C11H17N3O5S/c1-3-11(16)6-14(7-11)20(17,18)9-8(5-12-13-9)10(15)19-4-2/h5,16H,3-4,6-7H2,1-2H3,(H,12,13). The predicted molar refractivity (Wildman–Crippen MR) is 68.5 cm³/mol. The topological polar surface area (TPSA) is 113 Å². The minimum atomic E-state index is -3.88. The smallest absolute Gasteiger partial charge is 0.342 e. The Hall–Kier alpha value is -1.45. The van der Waals surface area contributed by atoms with Crippen LogP contribution in [0, 0.1) is 0 Å². The Morgan fingerprint density at radius 1 is 1.55 bits per heavy atom. The number of sulfonamides is 1. The quantitative estimate of drug-likeness (QED) is 0.724. The van der Waals surface area contributed by atoms with Crippen LogP contribution in [0.1, 0.15) is 30.6 Å². The van der Waals surface area contributed by atoms with Gasteiger partial charge >= 0.3 is 5.97 Å². The van der Waals surface area contributed by atoms with E-state index in [0.29, 0.717) is 6.42 Å². The summed E-state index contributed by atoms with van der Waals surface area (Å²) in [7, 11) is -3.88. The van der Waals surface area contributed by atoms with Crippen LogP contribution in [0.2, 0.25) is 0 Å². The molecule has 0 aliphatic carbocycles. The Morgan fingerprint density at radius 2 is 2.20 bits per heavy atom. The first-order chi connectivity index (χ1) is 9.34. The van der Waals surface area contributed by atoms with Crippen LogP contribution < -0.4 is 0 Å². The van der Waals surface area contributed by atoms with E-state index in [1.165, 1.54) is 0 Å². The molecule has 0 spiro atoms. The number of aromatic amines is 1. The van der Waals surface area contributed by atoms with Crippen molar-refractivity contribution in [2.75, 3.05) is 19.7 Å². The molecule has 0 amide bonds. The fourth-order valence-corrected chi connectivity index (χ4v) is 3.62. The summed E-state index contributed by atoms with van der Waals surface area (Å²) in [6.45, 7) is 3.57. The second kappa shape index (κ2) is 5.15. The Bertz CT molecular complexity index is 603. The zero-order valence-electron chi connectivity index (χ0n) is 11.3. The Morgan fingerprint density at radius 3 is 2.75 bits per heavy atom. The molecule has 8 nitrogen and oxygen atoms in total. The van der Waals surface area contributed by atoms with E-state index in [1.54, 1.807) is 13.8 Å². The van der Waals surface area contributed by atoms with E-state index in [0.717, 1.165) is 10.5 Å². The molecule has 1 aliphatic rings. The van der Waals surface area contributed by atoms with Crippen LogP contribution in [-0.2, 0) is 14.8 Å². The second-order valence-corrected chi connectivity index (χ2v) is 6.56. The fourth-order valence-electron chi connectivity index (χ4n) is 1.96. The molecule has 9 heteroatoms. The molecule has 0 aromatic carbocycles. The van der Waals surface area contributed by atoms with Gasteiger partial charge in [-0.2, -0.15) is 9.40 Å². The molecule has 0 saturated carbocycles. The monoisotopic (exact) mass is 303 g/mol. The minimum Gasteiger partial charge on any atom is -0.462 e. The number of carbonyl (C=O) groups is 1. The van der Waals surface area contributed by atoms with Crippen molar-refractivity contribution < 1.29 is 23.1 Å². The van der Waals surface area contributed by atoms with Crippen molar-refractivity contribution in [3.05, 3.63) is 11.8 Å². The molecule has 1 aliphatic heterocycles. The zero-order chi connectivity index (χ0) is 15.0. The highest BCUT2D eigenvalue weighted by atomic mass is 32.2. The van der Waals surface area contributed by atoms with E-state index < -0.39 is 21.6 Å². The van der Waals surface area contributed by atoms with Gasteiger partial charge in [-0.1, -0.05) is 6.92 Å². The van der Waals surface area contributed by atoms with Gasteiger partial charge < -0.3 is 9.84 Å². The Labute approximate surface area is 116 Å². The lowest BCUT2D eigenvalue weighted by Gasteiger charge is -2.44. The van der Waals surface area contributed by atoms with Gasteiger partial charge in [0, 0.05) is 13.1 Å². The molecule has 20 heavy (non-hydrogen) atoms. The van der Waals surface area contributed by atoms with Gasteiger partial charge in [0.25, 0.3) is 10.0 Å². The highest BCUT2D eigenvalue weighted by molar-refractivity contribution is 7.89. The summed E-state index contributed by atoms with van der Waals surface area (Å²) in [6.07, 6.45) is 1.59. The zero-order valence-corrected chi connectivity index (χ0v) is 12.1. The number of hydrogen-bond acceptors (Lipinski definition) is 6. The van der Waals surface area contributed by atoms with E-state index in [-0.39, 0.29) is 30.3 Å². The van der Waals surface area contributed by atoms with Gasteiger partial charge in [0.2, 0.25) is 0 Å². The largest absolute Gasteiger partial charge is 0.462 e. The predicted octanol–water partition coefficient (Wildman–Crippen LogP) is -0.268. The average molecular weight is 303 g/mol. The number of hydrogen-bond donors (Lipinski definition) is 2. The molecule has 2 N–H and O–H groups in total. The van der Waals surface area contributed by atoms with Crippen molar-refractivity contribution in [3.63, 3.8) is 0 Å². The van der Waals surface area contributed by atoms with Crippen LogP contribution in [0.4, 0.5) is 0 Å². The van der Waals surface area contributed by atoms with Gasteiger partial charge in [-0.3, -0.25) is 5.10 Å². The van der Waals surface area contributed by atoms with Crippen molar-refractivity contribution in [3.8, 4) is 0 Å². The maximum Gasteiger partial charge on any atom is 0.342 e. The summed E-state index contributed by atoms with van der Waals surface area (Å²) >= 11 is 0. The number of H-pyrrole nitrogens is 1. The molecule has 0 bridgehead atoms. The molecule has 1 aromatic rings. The van der Waals surface area contributed by atoms with E-state index in [1.807, 2.05) is 0 Å². The number of aliphatic hydroxyl groups is 1. The second-order valence-electron chi connectivity index (χ2n) is 4.68. The molecule has 0 unspecified atom stereocenters. The van der Waals surface area contributed by atoms with Crippen molar-refractivity contribution >= 4 is 16.0 Å². The van der Waals surface area contributed by atoms with Gasteiger partial charge in [-0.15, -0.1) is 0 Å². The number of ether oxygens (including phenoxy) is 1. The number of carbonyl (C=O) groups excluding carboxylic acids is 1. The molecular weight excluding hydrogens is 286 g/mol. The number of nitrogens with one attached hydrogen (secondary N) is 1. The maximum atomic E-state index is 12.3. The molecule has 1 aromatic heterocycles. The number of nitrogens with zero attached hydrogens (tertiary/aromatic N) is 2. The van der Waals surface area contributed by atoms with Crippen LogP contribution in [0.25, 0.3) is 0 Å². The van der Waals surface area contributed by atoms with Crippen molar-refractivity contribution in [1.29, 1.82) is 0 Å². The third-order valence-electron chi connectivity index (χ3n) is 3.30. The first-order valence-corrected chi connectivity index (χ1v) is 7.71. The summed E-state index contributed by atoms with van der Waals surface area (Å²) < 4.78 is 30.6. The number of β-amino-alcohol motifs (C(OH)–C–C–N with tert-alkyl or cyclic N) is 1. The van der Waals surface area contributed by atoms with Gasteiger partial charge in [-0.25, -0.2) is 13.2 Å². The molecule has 2 heterocycles. The first kappa shape index (κ1) is 14.9. The van der Waals surface area contributed by atoms with Crippen molar-refractivity contribution in [1.82, 2.24) is 14.5 Å². The van der Waals surface area contributed by atoms with Crippen molar-refractivity contribution in [2.45, 2.75) is 30.9 Å². The SMILES string of the molecule is CCOC(=O)c1cn[nH]c1S(=O)(=O)N1CC(O)(CC)C1. The third kappa shape index (κ3) is 2.43. The van der Waals surface area contributed by atoms with Crippen LogP contribution >= 0.6 is 0 Å². The van der Waals surface area contributed by atoms with E-state index in [4.69, 9.17) is 4.74 Å². The molecule has 2 rings (SSSR count).